The predicted molar refractivity (Wildman–Crippen MR) is 137 cm³/mol. The molecule has 0 fully saturated rings. The number of aromatic nitrogens is 3. The molecule has 0 saturated carbocycles. The molecule has 10 heteroatoms. The zero-order valence-corrected chi connectivity index (χ0v) is 22.1. The van der Waals surface area contributed by atoms with Crippen LogP contribution in [-0.4, -0.2) is 39.5 Å². The number of esters is 1. The van der Waals surface area contributed by atoms with Crippen molar-refractivity contribution in [1.82, 2.24) is 14.8 Å². The monoisotopic (exact) mass is 514 g/mol. The molecule has 8 nitrogen and oxygen atoms in total. The maximum Gasteiger partial charge on any atom is 0.341 e. The van der Waals surface area contributed by atoms with Gasteiger partial charge in [0.2, 0.25) is 5.91 Å². The highest BCUT2D eigenvalue weighted by Crippen LogP contribution is 2.38. The van der Waals surface area contributed by atoms with Gasteiger partial charge < -0.3 is 19.4 Å². The van der Waals surface area contributed by atoms with Gasteiger partial charge in [-0.3, -0.25) is 4.79 Å². The van der Waals surface area contributed by atoms with E-state index in [2.05, 4.69) is 15.5 Å². The molecule has 0 aliphatic heterocycles. The molecule has 1 atom stereocenters. The fourth-order valence-corrected chi connectivity index (χ4v) is 6.19. The third-order valence-corrected chi connectivity index (χ3v) is 8.25. The molecule has 1 aromatic carbocycles. The zero-order valence-electron chi connectivity index (χ0n) is 20.4. The number of methoxy groups -OCH3 is 1. The van der Waals surface area contributed by atoms with Crippen LogP contribution in [0.15, 0.2) is 29.4 Å². The van der Waals surface area contributed by atoms with Gasteiger partial charge in [0.05, 0.1) is 18.4 Å². The molecular weight excluding hydrogens is 484 g/mol. The number of thiophene rings is 1. The van der Waals surface area contributed by atoms with Crippen LogP contribution < -0.4 is 10.1 Å². The number of anilines is 1. The lowest BCUT2D eigenvalue weighted by molar-refractivity contribution is -0.113. The van der Waals surface area contributed by atoms with Gasteiger partial charge in [0, 0.05) is 11.9 Å². The Bertz CT molecular complexity index is 1220. The van der Waals surface area contributed by atoms with Crippen LogP contribution >= 0.6 is 23.1 Å². The van der Waals surface area contributed by atoms with Gasteiger partial charge in [0.25, 0.3) is 0 Å². The van der Waals surface area contributed by atoms with Crippen molar-refractivity contribution in [2.45, 2.75) is 57.2 Å². The number of fused-ring (bicyclic) bond motifs is 1. The Labute approximate surface area is 213 Å². The number of rotatable bonds is 8. The fraction of sp³-hybridized carbons (Fsp3) is 0.440. The first-order chi connectivity index (χ1) is 16.9. The van der Waals surface area contributed by atoms with Crippen molar-refractivity contribution in [2.75, 3.05) is 18.2 Å². The van der Waals surface area contributed by atoms with Crippen molar-refractivity contribution >= 4 is 40.0 Å². The van der Waals surface area contributed by atoms with E-state index in [0.29, 0.717) is 21.5 Å². The SMILES string of the molecule is COC(=O)c1c(NC(=O)CSc2nnc(C(C)Oc3ccccc3C)n2C)sc2c1CCCCC2. The summed E-state index contributed by atoms with van der Waals surface area (Å²) in [6.45, 7) is 3.92. The van der Waals surface area contributed by atoms with Crippen LogP contribution in [-0.2, 0) is 29.4 Å². The molecule has 0 spiro atoms. The van der Waals surface area contributed by atoms with Gasteiger partial charge in [-0.05, 0) is 56.7 Å². The van der Waals surface area contributed by atoms with Gasteiger partial charge in [0.15, 0.2) is 17.1 Å². The molecule has 1 aliphatic carbocycles. The Morgan fingerprint density at radius 2 is 1.97 bits per heavy atom. The van der Waals surface area contributed by atoms with E-state index >= 15 is 0 Å². The van der Waals surface area contributed by atoms with Gasteiger partial charge >= 0.3 is 5.97 Å². The highest BCUT2D eigenvalue weighted by molar-refractivity contribution is 7.99. The van der Waals surface area contributed by atoms with Gasteiger partial charge in [-0.15, -0.1) is 21.5 Å². The standard InChI is InChI=1S/C25H30N4O4S2/c1-15-10-8-9-12-18(15)33-16(2)22-27-28-25(29(22)3)34-14-20(30)26-23-21(24(31)32-4)17-11-6-5-7-13-19(17)35-23/h8-10,12,16H,5-7,11,13-14H2,1-4H3,(H,26,30). The third kappa shape index (κ3) is 5.70. The first-order valence-corrected chi connectivity index (χ1v) is 13.5. The fourth-order valence-electron chi connectivity index (χ4n) is 4.18. The van der Waals surface area contributed by atoms with Crippen molar-refractivity contribution in [2.24, 2.45) is 7.05 Å². The summed E-state index contributed by atoms with van der Waals surface area (Å²) in [6.07, 6.45) is 4.75. The summed E-state index contributed by atoms with van der Waals surface area (Å²) in [7, 11) is 3.24. The van der Waals surface area contributed by atoms with Crippen LogP contribution in [0.3, 0.4) is 0 Å². The molecule has 0 radical (unpaired) electrons. The lowest BCUT2D eigenvalue weighted by atomic mass is 10.1. The Morgan fingerprint density at radius 3 is 2.74 bits per heavy atom. The molecule has 0 saturated heterocycles. The van der Waals surface area contributed by atoms with E-state index < -0.39 is 5.97 Å². The van der Waals surface area contributed by atoms with Crippen molar-refractivity contribution in [3.05, 3.63) is 51.7 Å². The van der Waals surface area contributed by atoms with E-state index in [1.54, 1.807) is 0 Å². The number of nitrogens with one attached hydrogen (secondary N) is 1. The summed E-state index contributed by atoms with van der Waals surface area (Å²) < 4.78 is 12.9. The molecule has 1 unspecified atom stereocenters. The summed E-state index contributed by atoms with van der Waals surface area (Å²) in [5, 5.41) is 12.7. The van der Waals surface area contributed by atoms with E-state index in [9.17, 15) is 9.59 Å². The first-order valence-electron chi connectivity index (χ1n) is 11.7. The number of carbonyl (C=O) groups is 2. The molecule has 3 aromatic rings. The summed E-state index contributed by atoms with van der Waals surface area (Å²) in [5.41, 5.74) is 2.59. The zero-order chi connectivity index (χ0) is 24.9. The number of aryl methyl sites for hydroxylation is 2. The Hall–Kier alpha value is -2.85. The maximum atomic E-state index is 12.8. The van der Waals surface area contributed by atoms with Gasteiger partial charge in [0.1, 0.15) is 10.8 Å². The molecule has 2 aromatic heterocycles. The number of carbonyl (C=O) groups excluding carboxylic acids is 2. The Balaban J connectivity index is 1.41. The number of ether oxygens (including phenoxy) is 2. The lowest BCUT2D eigenvalue weighted by Crippen LogP contribution is -2.17. The minimum atomic E-state index is -0.395. The number of thioether (sulfide) groups is 1. The minimum Gasteiger partial charge on any atom is -0.482 e. The van der Waals surface area contributed by atoms with Gasteiger partial charge in [-0.1, -0.05) is 36.4 Å². The van der Waals surface area contributed by atoms with E-state index in [4.69, 9.17) is 9.47 Å². The molecule has 4 rings (SSSR count). The highest BCUT2D eigenvalue weighted by Gasteiger charge is 2.26. The molecule has 35 heavy (non-hydrogen) atoms. The number of hydrogen-bond acceptors (Lipinski definition) is 8. The van der Waals surface area contributed by atoms with E-state index in [-0.39, 0.29) is 17.8 Å². The number of para-hydroxylation sites is 1. The largest absolute Gasteiger partial charge is 0.482 e. The van der Waals surface area contributed by atoms with E-state index in [1.165, 1.54) is 35.1 Å². The quantitative estimate of drug-likeness (QED) is 0.253. The van der Waals surface area contributed by atoms with Crippen LogP contribution in [0.25, 0.3) is 0 Å². The second kappa shape index (κ2) is 11.3. The van der Waals surface area contributed by atoms with Crippen LogP contribution in [0.4, 0.5) is 5.00 Å². The van der Waals surface area contributed by atoms with Crippen LogP contribution in [0.5, 0.6) is 5.75 Å². The average molecular weight is 515 g/mol. The highest BCUT2D eigenvalue weighted by atomic mass is 32.2. The number of amides is 1. The predicted octanol–water partition coefficient (Wildman–Crippen LogP) is 5.11. The molecular formula is C25H30N4O4S2. The second-order valence-electron chi connectivity index (χ2n) is 8.52. The van der Waals surface area contributed by atoms with Gasteiger partial charge in [-0.2, -0.15) is 0 Å². The summed E-state index contributed by atoms with van der Waals surface area (Å²) in [4.78, 5) is 26.5. The van der Waals surface area contributed by atoms with Gasteiger partial charge in [-0.25, -0.2) is 4.79 Å². The summed E-state index contributed by atoms with van der Waals surface area (Å²) >= 11 is 2.78. The van der Waals surface area contributed by atoms with Crippen LogP contribution in [0.2, 0.25) is 0 Å². The normalized spacial score (nSPS) is 14.1. The topological polar surface area (TPSA) is 95.3 Å². The van der Waals surface area contributed by atoms with E-state index in [1.807, 2.05) is 49.7 Å². The Morgan fingerprint density at radius 1 is 1.20 bits per heavy atom. The average Bonchev–Trinajstić information content (AvgIpc) is 3.29. The summed E-state index contributed by atoms with van der Waals surface area (Å²) in [5.74, 6) is 1.01. The van der Waals surface area contributed by atoms with Crippen LogP contribution in [0.1, 0.15) is 64.5 Å². The number of nitrogens with zero attached hydrogens (tertiary/aromatic N) is 3. The number of benzene rings is 1. The van der Waals surface area contributed by atoms with Crippen LogP contribution in [0, 0.1) is 6.92 Å². The van der Waals surface area contributed by atoms with E-state index in [0.717, 1.165) is 49.0 Å². The molecule has 186 valence electrons. The van der Waals surface area contributed by atoms with Crippen molar-refractivity contribution < 1.29 is 19.1 Å². The summed E-state index contributed by atoms with van der Waals surface area (Å²) in [6, 6.07) is 7.82. The van der Waals surface area contributed by atoms with Crippen molar-refractivity contribution in [1.29, 1.82) is 0 Å². The third-order valence-electron chi connectivity index (χ3n) is 6.03. The maximum absolute atomic E-state index is 12.8. The van der Waals surface area contributed by atoms with Crippen molar-refractivity contribution in [3.8, 4) is 5.75 Å². The Kier molecular flexibility index (Phi) is 8.12. The minimum absolute atomic E-state index is 0.141. The smallest absolute Gasteiger partial charge is 0.341 e. The molecule has 1 amide bonds. The second-order valence-corrected chi connectivity index (χ2v) is 10.6. The lowest BCUT2D eigenvalue weighted by Gasteiger charge is -2.15. The number of hydrogen-bond donors (Lipinski definition) is 1. The molecule has 0 bridgehead atoms. The molecule has 1 aliphatic rings. The molecule has 1 N–H and O–H groups in total. The first kappa shape index (κ1) is 25.2. The van der Waals surface area contributed by atoms with Crippen molar-refractivity contribution in [3.63, 3.8) is 0 Å². The molecule has 2 heterocycles.